The molecule has 2 fully saturated rings. The van der Waals surface area contributed by atoms with E-state index in [2.05, 4.69) is 40.2 Å². The van der Waals surface area contributed by atoms with Crippen molar-refractivity contribution < 1.29 is 9.26 Å². The summed E-state index contributed by atoms with van der Waals surface area (Å²) in [5.41, 5.74) is 1.31. The Hall–Kier alpha value is -1.88. The number of hydrogen-bond donors (Lipinski definition) is 0. The monoisotopic (exact) mass is 299 g/mol. The summed E-state index contributed by atoms with van der Waals surface area (Å²) in [5.74, 6) is 3.12. The van der Waals surface area contributed by atoms with Crippen LogP contribution in [0.3, 0.4) is 0 Å². The fraction of sp³-hybridized carbons (Fsp3) is 0.529. The maximum atomic E-state index is 6.01. The van der Waals surface area contributed by atoms with Crippen molar-refractivity contribution >= 4 is 0 Å². The number of aromatic nitrogens is 2. The van der Waals surface area contributed by atoms with E-state index in [4.69, 9.17) is 9.26 Å². The second kappa shape index (κ2) is 5.72. The van der Waals surface area contributed by atoms with Crippen LogP contribution in [0.25, 0.3) is 0 Å². The highest BCUT2D eigenvalue weighted by molar-refractivity contribution is 5.28. The molecule has 2 aliphatic rings. The van der Waals surface area contributed by atoms with Gasteiger partial charge in [-0.1, -0.05) is 24.2 Å². The summed E-state index contributed by atoms with van der Waals surface area (Å²) in [6.45, 7) is 4.75. The standard InChI is InChI=1S/C17H21N3O2/c1-2-12-4-3-5-14(8-12)21-15-9-20(10-15)11-16-18-17(22-19-16)13-6-7-13/h3-5,8,13,15H,2,6-7,9-11H2,1H3. The van der Waals surface area contributed by atoms with Gasteiger partial charge in [0.05, 0.1) is 6.54 Å². The Morgan fingerprint density at radius 1 is 1.32 bits per heavy atom. The first-order valence-corrected chi connectivity index (χ1v) is 8.10. The summed E-state index contributed by atoms with van der Waals surface area (Å²) in [5, 5.41) is 4.06. The minimum Gasteiger partial charge on any atom is -0.488 e. The molecule has 2 heterocycles. The Bertz CT molecular complexity index is 645. The zero-order valence-electron chi connectivity index (χ0n) is 12.9. The molecule has 4 rings (SSSR count). The summed E-state index contributed by atoms with van der Waals surface area (Å²) >= 11 is 0. The number of ether oxygens (including phenoxy) is 1. The molecular formula is C17H21N3O2. The van der Waals surface area contributed by atoms with Gasteiger partial charge in [-0.15, -0.1) is 0 Å². The zero-order valence-corrected chi connectivity index (χ0v) is 12.9. The van der Waals surface area contributed by atoms with E-state index >= 15 is 0 Å². The Morgan fingerprint density at radius 3 is 2.95 bits per heavy atom. The molecule has 0 radical (unpaired) electrons. The first-order valence-electron chi connectivity index (χ1n) is 8.10. The highest BCUT2D eigenvalue weighted by atomic mass is 16.5. The topological polar surface area (TPSA) is 51.4 Å². The average Bonchev–Trinajstić information content (AvgIpc) is 3.25. The molecule has 5 heteroatoms. The lowest BCUT2D eigenvalue weighted by atomic mass is 10.1. The number of likely N-dealkylation sites (tertiary alicyclic amines) is 1. The van der Waals surface area contributed by atoms with Crippen LogP contribution in [0.5, 0.6) is 5.75 Å². The Morgan fingerprint density at radius 2 is 2.18 bits per heavy atom. The molecule has 0 unspecified atom stereocenters. The van der Waals surface area contributed by atoms with E-state index in [1.807, 2.05) is 6.07 Å². The largest absolute Gasteiger partial charge is 0.488 e. The van der Waals surface area contributed by atoms with E-state index in [-0.39, 0.29) is 6.10 Å². The summed E-state index contributed by atoms with van der Waals surface area (Å²) in [4.78, 5) is 6.75. The van der Waals surface area contributed by atoms with Crippen LogP contribution in [0.2, 0.25) is 0 Å². The number of hydrogen-bond acceptors (Lipinski definition) is 5. The summed E-state index contributed by atoms with van der Waals surface area (Å²) in [7, 11) is 0. The molecule has 2 aromatic rings. The van der Waals surface area contributed by atoms with Crippen molar-refractivity contribution in [1.29, 1.82) is 0 Å². The molecule has 1 aliphatic heterocycles. The van der Waals surface area contributed by atoms with Crippen LogP contribution in [0, 0.1) is 0 Å². The number of rotatable bonds is 6. The van der Waals surface area contributed by atoms with Gasteiger partial charge in [0.2, 0.25) is 5.89 Å². The van der Waals surface area contributed by atoms with Crippen LogP contribution in [-0.2, 0) is 13.0 Å². The van der Waals surface area contributed by atoms with E-state index < -0.39 is 0 Å². The van der Waals surface area contributed by atoms with Gasteiger partial charge < -0.3 is 9.26 Å². The van der Waals surface area contributed by atoms with Gasteiger partial charge in [0.25, 0.3) is 0 Å². The van der Waals surface area contributed by atoms with Gasteiger partial charge in [-0.05, 0) is 37.0 Å². The first kappa shape index (κ1) is 13.8. The van der Waals surface area contributed by atoms with E-state index in [0.29, 0.717) is 5.92 Å². The normalized spacial score (nSPS) is 19.1. The van der Waals surface area contributed by atoms with Crippen molar-refractivity contribution in [3.63, 3.8) is 0 Å². The highest BCUT2D eigenvalue weighted by Crippen LogP contribution is 2.38. The summed E-state index contributed by atoms with van der Waals surface area (Å²) < 4.78 is 11.3. The van der Waals surface area contributed by atoms with Gasteiger partial charge in [0.1, 0.15) is 11.9 Å². The number of aryl methyl sites for hydroxylation is 1. The predicted octanol–water partition coefficient (Wildman–Crippen LogP) is 2.77. The smallest absolute Gasteiger partial charge is 0.229 e. The van der Waals surface area contributed by atoms with E-state index in [0.717, 1.165) is 43.5 Å². The van der Waals surface area contributed by atoms with Crippen molar-refractivity contribution in [1.82, 2.24) is 15.0 Å². The van der Waals surface area contributed by atoms with E-state index in [1.165, 1.54) is 18.4 Å². The SMILES string of the molecule is CCc1cccc(OC2CN(Cc3noc(C4CC4)n3)C2)c1. The molecule has 1 saturated heterocycles. The van der Waals surface area contributed by atoms with Crippen LogP contribution in [0.1, 0.15) is 43.0 Å². The van der Waals surface area contributed by atoms with Crippen LogP contribution in [0.15, 0.2) is 28.8 Å². The minimum absolute atomic E-state index is 0.266. The quantitative estimate of drug-likeness (QED) is 0.821. The molecule has 1 aliphatic carbocycles. The van der Waals surface area contributed by atoms with Crippen molar-refractivity contribution in [2.75, 3.05) is 13.1 Å². The third kappa shape index (κ3) is 2.99. The first-order chi connectivity index (χ1) is 10.8. The second-order valence-electron chi connectivity index (χ2n) is 6.26. The van der Waals surface area contributed by atoms with Crippen molar-refractivity contribution in [2.45, 2.75) is 44.8 Å². The second-order valence-corrected chi connectivity index (χ2v) is 6.26. The molecule has 1 aromatic heterocycles. The fourth-order valence-electron chi connectivity index (χ4n) is 2.79. The van der Waals surface area contributed by atoms with Crippen molar-refractivity contribution in [3.8, 4) is 5.75 Å². The van der Waals surface area contributed by atoms with Gasteiger partial charge in [-0.3, -0.25) is 4.90 Å². The molecule has 1 saturated carbocycles. The van der Waals surface area contributed by atoms with Gasteiger partial charge in [0.15, 0.2) is 5.82 Å². The van der Waals surface area contributed by atoms with E-state index in [1.54, 1.807) is 0 Å². The predicted molar refractivity (Wildman–Crippen MR) is 81.8 cm³/mol. The molecule has 0 atom stereocenters. The van der Waals surface area contributed by atoms with Crippen LogP contribution in [-0.4, -0.2) is 34.2 Å². The van der Waals surface area contributed by atoms with Gasteiger partial charge in [0, 0.05) is 19.0 Å². The molecule has 22 heavy (non-hydrogen) atoms. The average molecular weight is 299 g/mol. The summed E-state index contributed by atoms with van der Waals surface area (Å²) in [6, 6.07) is 8.35. The molecule has 1 aromatic carbocycles. The van der Waals surface area contributed by atoms with E-state index in [9.17, 15) is 0 Å². The fourth-order valence-corrected chi connectivity index (χ4v) is 2.79. The minimum atomic E-state index is 0.266. The Labute approximate surface area is 130 Å². The maximum absolute atomic E-state index is 6.01. The molecule has 5 nitrogen and oxygen atoms in total. The zero-order chi connectivity index (χ0) is 14.9. The number of nitrogens with zero attached hydrogens (tertiary/aromatic N) is 3. The molecule has 0 bridgehead atoms. The maximum Gasteiger partial charge on any atom is 0.229 e. The molecule has 116 valence electrons. The molecule has 0 amide bonds. The highest BCUT2D eigenvalue weighted by Gasteiger charge is 2.32. The number of benzene rings is 1. The van der Waals surface area contributed by atoms with Gasteiger partial charge in [-0.25, -0.2) is 0 Å². The molecule has 0 N–H and O–H groups in total. The summed E-state index contributed by atoms with van der Waals surface area (Å²) in [6.07, 6.45) is 3.69. The third-order valence-electron chi connectivity index (χ3n) is 4.31. The molecular weight excluding hydrogens is 278 g/mol. The lowest BCUT2D eigenvalue weighted by Gasteiger charge is -2.38. The lowest BCUT2D eigenvalue weighted by Crippen LogP contribution is -2.53. The van der Waals surface area contributed by atoms with Crippen molar-refractivity contribution in [2.24, 2.45) is 0 Å². The van der Waals surface area contributed by atoms with Crippen LogP contribution < -0.4 is 4.74 Å². The Balaban J connectivity index is 1.26. The van der Waals surface area contributed by atoms with Gasteiger partial charge in [-0.2, -0.15) is 4.98 Å². The Kier molecular flexibility index (Phi) is 3.58. The van der Waals surface area contributed by atoms with Crippen LogP contribution in [0.4, 0.5) is 0 Å². The van der Waals surface area contributed by atoms with Gasteiger partial charge >= 0.3 is 0 Å². The van der Waals surface area contributed by atoms with Crippen LogP contribution >= 0.6 is 0 Å². The third-order valence-corrected chi connectivity index (χ3v) is 4.31. The molecule has 0 spiro atoms. The lowest BCUT2D eigenvalue weighted by molar-refractivity contribution is 0.0126. The van der Waals surface area contributed by atoms with Crippen molar-refractivity contribution in [3.05, 3.63) is 41.5 Å².